The normalized spacial score (nSPS) is 12.7. The number of amides is 1. The second-order valence-corrected chi connectivity index (χ2v) is 8.17. The Balaban J connectivity index is 2.17. The van der Waals surface area contributed by atoms with E-state index in [1.165, 1.54) is 25.1 Å². The van der Waals surface area contributed by atoms with Crippen molar-refractivity contribution in [1.82, 2.24) is 0 Å². The number of nitrogens with one attached hydrogen (secondary N) is 1. The molecule has 1 unspecified atom stereocenters. The number of benzene rings is 2. The SMILES string of the molecule is Cc1ccc(C)c(NC(=O)C(C)S(=O)(=O)Cc2ccccc2F)c1. The highest BCUT2D eigenvalue weighted by atomic mass is 32.2. The van der Waals surface area contributed by atoms with E-state index in [1.54, 1.807) is 12.1 Å². The van der Waals surface area contributed by atoms with Crippen LogP contribution in [0.5, 0.6) is 0 Å². The Kier molecular flexibility index (Phi) is 5.39. The minimum Gasteiger partial charge on any atom is -0.325 e. The van der Waals surface area contributed by atoms with Gasteiger partial charge in [-0.1, -0.05) is 30.3 Å². The van der Waals surface area contributed by atoms with Crippen LogP contribution in [0.3, 0.4) is 0 Å². The summed E-state index contributed by atoms with van der Waals surface area (Å²) in [5.41, 5.74) is 2.43. The molecular weight excluding hydrogens is 329 g/mol. The molecular formula is C18H20FNO3S. The van der Waals surface area contributed by atoms with Crippen molar-refractivity contribution in [2.75, 3.05) is 5.32 Å². The van der Waals surface area contributed by atoms with Gasteiger partial charge in [0.05, 0.1) is 5.75 Å². The van der Waals surface area contributed by atoms with E-state index < -0.39 is 32.6 Å². The van der Waals surface area contributed by atoms with Gasteiger partial charge in [0.15, 0.2) is 9.84 Å². The summed E-state index contributed by atoms with van der Waals surface area (Å²) in [6.07, 6.45) is 0. The number of aryl methyl sites for hydroxylation is 2. The van der Waals surface area contributed by atoms with Crippen LogP contribution in [0.2, 0.25) is 0 Å². The zero-order chi connectivity index (χ0) is 17.9. The molecule has 128 valence electrons. The predicted molar refractivity (Wildman–Crippen MR) is 93.0 cm³/mol. The van der Waals surface area contributed by atoms with E-state index >= 15 is 0 Å². The third-order valence-corrected chi connectivity index (χ3v) is 5.88. The van der Waals surface area contributed by atoms with Gasteiger partial charge in [0.1, 0.15) is 11.1 Å². The number of sulfone groups is 1. The van der Waals surface area contributed by atoms with Gasteiger partial charge in [0.25, 0.3) is 0 Å². The summed E-state index contributed by atoms with van der Waals surface area (Å²) < 4.78 is 38.5. The summed E-state index contributed by atoms with van der Waals surface area (Å²) in [7, 11) is -3.83. The van der Waals surface area contributed by atoms with Gasteiger partial charge in [-0.05, 0) is 44.0 Å². The Bertz CT molecular complexity index is 862. The Labute approximate surface area is 141 Å². The van der Waals surface area contributed by atoms with Crippen LogP contribution in [0.4, 0.5) is 10.1 Å². The fraction of sp³-hybridized carbons (Fsp3) is 0.278. The predicted octanol–water partition coefficient (Wildman–Crippen LogP) is 3.38. The summed E-state index contributed by atoms with van der Waals surface area (Å²) in [6.45, 7) is 5.03. The molecule has 0 saturated heterocycles. The molecule has 2 aromatic carbocycles. The molecule has 0 saturated carbocycles. The van der Waals surface area contributed by atoms with E-state index in [4.69, 9.17) is 0 Å². The number of carbonyl (C=O) groups is 1. The van der Waals surface area contributed by atoms with Crippen LogP contribution in [0.15, 0.2) is 42.5 Å². The van der Waals surface area contributed by atoms with Crippen molar-refractivity contribution in [2.45, 2.75) is 31.8 Å². The Morgan fingerprint density at radius 2 is 1.83 bits per heavy atom. The zero-order valence-corrected chi connectivity index (χ0v) is 14.7. The lowest BCUT2D eigenvalue weighted by Gasteiger charge is -2.15. The van der Waals surface area contributed by atoms with Gasteiger partial charge in [-0.15, -0.1) is 0 Å². The molecule has 2 aromatic rings. The molecule has 4 nitrogen and oxygen atoms in total. The molecule has 6 heteroatoms. The maximum absolute atomic E-state index is 13.7. The summed E-state index contributed by atoms with van der Waals surface area (Å²) in [5, 5.41) is 1.36. The summed E-state index contributed by atoms with van der Waals surface area (Å²) in [5.74, 6) is -1.73. The van der Waals surface area contributed by atoms with Crippen molar-refractivity contribution in [3.8, 4) is 0 Å². The average molecular weight is 349 g/mol. The number of rotatable bonds is 5. The molecule has 0 aliphatic carbocycles. The molecule has 0 fully saturated rings. The van der Waals surface area contributed by atoms with Gasteiger partial charge < -0.3 is 5.32 Å². The van der Waals surface area contributed by atoms with E-state index in [-0.39, 0.29) is 5.56 Å². The molecule has 0 bridgehead atoms. The summed E-state index contributed by atoms with van der Waals surface area (Å²) in [4.78, 5) is 12.3. The van der Waals surface area contributed by atoms with E-state index in [2.05, 4.69) is 5.32 Å². The molecule has 1 atom stereocenters. The third kappa shape index (κ3) is 4.20. The maximum atomic E-state index is 13.7. The third-order valence-electron chi connectivity index (χ3n) is 3.87. The Hall–Kier alpha value is -2.21. The van der Waals surface area contributed by atoms with Gasteiger partial charge in [0.2, 0.25) is 5.91 Å². The topological polar surface area (TPSA) is 63.2 Å². The highest BCUT2D eigenvalue weighted by Crippen LogP contribution is 2.19. The highest BCUT2D eigenvalue weighted by molar-refractivity contribution is 7.92. The first kappa shape index (κ1) is 18.1. The van der Waals surface area contributed by atoms with Crippen molar-refractivity contribution in [2.24, 2.45) is 0 Å². The Morgan fingerprint density at radius 1 is 1.17 bits per heavy atom. The number of carbonyl (C=O) groups excluding carboxylic acids is 1. The zero-order valence-electron chi connectivity index (χ0n) is 13.8. The van der Waals surface area contributed by atoms with Gasteiger partial charge in [0, 0.05) is 11.3 Å². The average Bonchev–Trinajstić information content (AvgIpc) is 2.52. The first-order chi connectivity index (χ1) is 11.2. The molecule has 0 aromatic heterocycles. The number of hydrogen-bond donors (Lipinski definition) is 1. The van der Waals surface area contributed by atoms with E-state index in [0.717, 1.165) is 11.1 Å². The van der Waals surface area contributed by atoms with E-state index in [1.807, 2.05) is 26.0 Å². The van der Waals surface area contributed by atoms with Crippen LogP contribution in [0.25, 0.3) is 0 Å². The van der Waals surface area contributed by atoms with Crippen LogP contribution >= 0.6 is 0 Å². The van der Waals surface area contributed by atoms with Crippen molar-refractivity contribution in [1.29, 1.82) is 0 Å². The molecule has 0 radical (unpaired) electrons. The van der Waals surface area contributed by atoms with Crippen molar-refractivity contribution in [3.05, 3.63) is 65.0 Å². The molecule has 1 N–H and O–H groups in total. The lowest BCUT2D eigenvalue weighted by molar-refractivity contribution is -0.115. The van der Waals surface area contributed by atoms with E-state index in [0.29, 0.717) is 5.69 Å². The van der Waals surface area contributed by atoms with Crippen LogP contribution in [0, 0.1) is 19.7 Å². The second kappa shape index (κ2) is 7.13. The summed E-state index contributed by atoms with van der Waals surface area (Å²) in [6, 6.07) is 11.2. The van der Waals surface area contributed by atoms with E-state index in [9.17, 15) is 17.6 Å². The molecule has 0 spiro atoms. The smallest absolute Gasteiger partial charge is 0.242 e. The molecule has 1 amide bonds. The fourth-order valence-electron chi connectivity index (χ4n) is 2.23. The van der Waals surface area contributed by atoms with Gasteiger partial charge >= 0.3 is 0 Å². The number of anilines is 1. The van der Waals surface area contributed by atoms with Crippen LogP contribution in [-0.4, -0.2) is 19.6 Å². The summed E-state index contributed by atoms with van der Waals surface area (Å²) >= 11 is 0. The first-order valence-corrected chi connectivity index (χ1v) is 9.25. The molecule has 0 heterocycles. The highest BCUT2D eigenvalue weighted by Gasteiger charge is 2.29. The number of halogens is 1. The van der Waals surface area contributed by atoms with Gasteiger partial charge in [-0.3, -0.25) is 4.79 Å². The lowest BCUT2D eigenvalue weighted by atomic mass is 10.1. The monoisotopic (exact) mass is 349 g/mol. The maximum Gasteiger partial charge on any atom is 0.242 e. The molecule has 0 aliphatic rings. The quantitative estimate of drug-likeness (QED) is 0.900. The van der Waals surface area contributed by atoms with Crippen LogP contribution in [-0.2, 0) is 20.4 Å². The molecule has 24 heavy (non-hydrogen) atoms. The van der Waals surface area contributed by atoms with Gasteiger partial charge in [-0.2, -0.15) is 0 Å². The number of hydrogen-bond acceptors (Lipinski definition) is 3. The second-order valence-electron chi connectivity index (χ2n) is 5.85. The fourth-order valence-corrected chi connectivity index (χ4v) is 3.53. The van der Waals surface area contributed by atoms with Crippen molar-refractivity contribution >= 4 is 21.4 Å². The molecule has 2 rings (SSSR count). The Morgan fingerprint density at radius 3 is 2.50 bits per heavy atom. The first-order valence-electron chi connectivity index (χ1n) is 7.54. The van der Waals surface area contributed by atoms with Crippen LogP contribution in [0.1, 0.15) is 23.6 Å². The van der Waals surface area contributed by atoms with Crippen molar-refractivity contribution in [3.63, 3.8) is 0 Å². The minimum atomic E-state index is -3.83. The van der Waals surface area contributed by atoms with Crippen LogP contribution < -0.4 is 5.32 Å². The molecule has 0 aliphatic heterocycles. The van der Waals surface area contributed by atoms with Crippen molar-refractivity contribution < 1.29 is 17.6 Å². The minimum absolute atomic E-state index is 0.0592. The lowest BCUT2D eigenvalue weighted by Crippen LogP contribution is -2.33. The standard InChI is InChI=1S/C18H20FNO3S/c1-12-8-9-13(2)17(10-12)20-18(21)14(3)24(22,23)11-15-6-4-5-7-16(15)19/h4-10,14H,11H2,1-3H3,(H,20,21). The van der Waals surface area contributed by atoms with Gasteiger partial charge in [-0.25, -0.2) is 12.8 Å². The largest absolute Gasteiger partial charge is 0.325 e.